The van der Waals surface area contributed by atoms with Crippen molar-refractivity contribution in [3.8, 4) is 0 Å². The lowest BCUT2D eigenvalue weighted by Gasteiger charge is -2.23. The fourth-order valence-corrected chi connectivity index (χ4v) is 2.20. The molecule has 104 valence electrons. The van der Waals surface area contributed by atoms with E-state index in [1.54, 1.807) is 0 Å². The largest absolute Gasteiger partial charge is 0.304 e. The molecule has 0 radical (unpaired) electrons. The van der Waals surface area contributed by atoms with Crippen molar-refractivity contribution in [1.82, 2.24) is 4.90 Å². The Balaban J connectivity index is 3.13. The molecule has 0 heterocycles. The van der Waals surface area contributed by atoms with Gasteiger partial charge in [0.2, 0.25) is 0 Å². The Morgan fingerprint density at radius 2 is 1.24 bits per heavy atom. The highest BCUT2D eigenvalue weighted by atomic mass is 15.1. The summed E-state index contributed by atoms with van der Waals surface area (Å²) in [5, 5.41) is 0. The fourth-order valence-electron chi connectivity index (χ4n) is 2.20. The van der Waals surface area contributed by atoms with E-state index < -0.39 is 0 Å². The van der Waals surface area contributed by atoms with Crippen LogP contribution in [0.5, 0.6) is 0 Å². The van der Waals surface area contributed by atoms with Crippen molar-refractivity contribution in [2.24, 2.45) is 0 Å². The molecule has 0 N–H and O–H groups in total. The second kappa shape index (κ2) is 12.4. The van der Waals surface area contributed by atoms with Gasteiger partial charge < -0.3 is 4.90 Å². The standard InChI is InChI=1S/C16H35N/c1-5-7-8-9-10-11-12-13-14-15-17(4)16(3)6-2/h16H,5-15H2,1-4H3. The maximum Gasteiger partial charge on any atom is 0.00612 e. The molecule has 0 rings (SSSR count). The first-order valence-corrected chi connectivity index (χ1v) is 7.92. The van der Waals surface area contributed by atoms with Crippen LogP contribution in [0.15, 0.2) is 0 Å². The molecule has 0 aliphatic heterocycles. The van der Waals surface area contributed by atoms with Crippen LogP contribution in [0, 0.1) is 0 Å². The van der Waals surface area contributed by atoms with Gasteiger partial charge in [-0.15, -0.1) is 0 Å². The van der Waals surface area contributed by atoms with Crippen molar-refractivity contribution >= 4 is 0 Å². The molecule has 0 aromatic heterocycles. The zero-order valence-corrected chi connectivity index (χ0v) is 12.8. The summed E-state index contributed by atoms with van der Waals surface area (Å²) in [7, 11) is 2.26. The molecule has 0 aliphatic carbocycles. The highest BCUT2D eigenvalue weighted by molar-refractivity contribution is 4.60. The Kier molecular flexibility index (Phi) is 12.4. The second-order valence-corrected chi connectivity index (χ2v) is 5.57. The van der Waals surface area contributed by atoms with Crippen LogP contribution in [-0.4, -0.2) is 24.5 Å². The molecule has 1 heteroatoms. The summed E-state index contributed by atoms with van der Waals surface area (Å²) in [5.41, 5.74) is 0. The van der Waals surface area contributed by atoms with Gasteiger partial charge in [0.25, 0.3) is 0 Å². The average molecular weight is 241 g/mol. The Bertz CT molecular complexity index is 144. The monoisotopic (exact) mass is 241 g/mol. The van der Waals surface area contributed by atoms with Gasteiger partial charge in [0.05, 0.1) is 0 Å². The van der Waals surface area contributed by atoms with Crippen LogP contribution in [0.2, 0.25) is 0 Å². The number of hydrogen-bond acceptors (Lipinski definition) is 1. The maximum absolute atomic E-state index is 2.50. The summed E-state index contributed by atoms with van der Waals surface area (Å²) < 4.78 is 0. The Hall–Kier alpha value is -0.0400. The van der Waals surface area contributed by atoms with Gasteiger partial charge in [-0.1, -0.05) is 65.2 Å². The van der Waals surface area contributed by atoms with E-state index in [-0.39, 0.29) is 0 Å². The van der Waals surface area contributed by atoms with E-state index in [9.17, 15) is 0 Å². The molecule has 17 heavy (non-hydrogen) atoms. The quantitative estimate of drug-likeness (QED) is 0.422. The summed E-state index contributed by atoms with van der Waals surface area (Å²) in [6.45, 7) is 8.17. The highest BCUT2D eigenvalue weighted by Gasteiger charge is 2.04. The van der Waals surface area contributed by atoms with Crippen molar-refractivity contribution in [2.45, 2.75) is 91.0 Å². The van der Waals surface area contributed by atoms with Crippen LogP contribution in [0.25, 0.3) is 0 Å². The van der Waals surface area contributed by atoms with Gasteiger partial charge in [0.1, 0.15) is 0 Å². The Morgan fingerprint density at radius 3 is 1.71 bits per heavy atom. The lowest BCUT2D eigenvalue weighted by Crippen LogP contribution is -2.29. The number of nitrogens with zero attached hydrogens (tertiary/aromatic N) is 1. The van der Waals surface area contributed by atoms with Gasteiger partial charge in [-0.2, -0.15) is 0 Å². The molecule has 0 saturated heterocycles. The van der Waals surface area contributed by atoms with E-state index in [1.807, 2.05) is 0 Å². The van der Waals surface area contributed by atoms with Gasteiger partial charge in [-0.3, -0.25) is 0 Å². The van der Waals surface area contributed by atoms with E-state index >= 15 is 0 Å². The Morgan fingerprint density at radius 1 is 0.765 bits per heavy atom. The first-order chi connectivity index (χ1) is 8.22. The van der Waals surface area contributed by atoms with Gasteiger partial charge in [0.15, 0.2) is 0 Å². The number of hydrogen-bond donors (Lipinski definition) is 0. The minimum atomic E-state index is 0.754. The van der Waals surface area contributed by atoms with Crippen molar-refractivity contribution in [2.75, 3.05) is 13.6 Å². The normalized spacial score (nSPS) is 13.2. The van der Waals surface area contributed by atoms with E-state index in [0.29, 0.717) is 0 Å². The first-order valence-electron chi connectivity index (χ1n) is 7.92. The van der Waals surface area contributed by atoms with Gasteiger partial charge in [-0.25, -0.2) is 0 Å². The van der Waals surface area contributed by atoms with E-state index in [2.05, 4.69) is 32.7 Å². The molecule has 0 aromatic rings. The first kappa shape index (κ1) is 17.0. The van der Waals surface area contributed by atoms with Crippen LogP contribution in [0.1, 0.15) is 85.0 Å². The predicted octanol–water partition coefficient (Wildman–Crippen LogP) is 5.25. The van der Waals surface area contributed by atoms with E-state index in [4.69, 9.17) is 0 Å². The molecule has 1 nitrogen and oxygen atoms in total. The molecule has 0 aliphatic rings. The van der Waals surface area contributed by atoms with E-state index in [0.717, 1.165) is 6.04 Å². The lowest BCUT2D eigenvalue weighted by molar-refractivity contribution is 0.246. The molecular formula is C16H35N. The molecule has 0 bridgehead atoms. The third kappa shape index (κ3) is 10.8. The summed E-state index contributed by atoms with van der Waals surface area (Å²) >= 11 is 0. The fraction of sp³-hybridized carbons (Fsp3) is 1.00. The summed E-state index contributed by atoms with van der Waals surface area (Å²) in [6, 6.07) is 0.754. The summed E-state index contributed by atoms with van der Waals surface area (Å²) in [6.07, 6.45) is 14.1. The minimum Gasteiger partial charge on any atom is -0.304 e. The molecular weight excluding hydrogens is 206 g/mol. The van der Waals surface area contributed by atoms with Crippen LogP contribution >= 0.6 is 0 Å². The van der Waals surface area contributed by atoms with Crippen LogP contribution in [-0.2, 0) is 0 Å². The molecule has 1 unspecified atom stereocenters. The van der Waals surface area contributed by atoms with Crippen LogP contribution < -0.4 is 0 Å². The van der Waals surface area contributed by atoms with Crippen molar-refractivity contribution in [1.29, 1.82) is 0 Å². The van der Waals surface area contributed by atoms with E-state index in [1.165, 1.54) is 70.8 Å². The highest BCUT2D eigenvalue weighted by Crippen LogP contribution is 2.10. The smallest absolute Gasteiger partial charge is 0.00612 e. The molecule has 0 aromatic carbocycles. The third-order valence-corrected chi connectivity index (χ3v) is 3.96. The summed E-state index contributed by atoms with van der Waals surface area (Å²) in [4.78, 5) is 2.50. The lowest BCUT2D eigenvalue weighted by atomic mass is 10.1. The van der Waals surface area contributed by atoms with Crippen molar-refractivity contribution < 1.29 is 0 Å². The molecule has 0 amide bonds. The van der Waals surface area contributed by atoms with Crippen molar-refractivity contribution in [3.63, 3.8) is 0 Å². The van der Waals surface area contributed by atoms with Gasteiger partial charge >= 0.3 is 0 Å². The number of rotatable bonds is 12. The Labute approximate surface area is 110 Å². The minimum absolute atomic E-state index is 0.754. The van der Waals surface area contributed by atoms with Crippen molar-refractivity contribution in [3.05, 3.63) is 0 Å². The SMILES string of the molecule is CCCCCCCCCCCN(C)C(C)CC. The predicted molar refractivity (Wildman–Crippen MR) is 79.6 cm³/mol. The van der Waals surface area contributed by atoms with Crippen LogP contribution in [0.4, 0.5) is 0 Å². The third-order valence-electron chi connectivity index (χ3n) is 3.96. The summed E-state index contributed by atoms with van der Waals surface area (Å²) in [5.74, 6) is 0. The molecule has 0 fully saturated rings. The molecule has 0 saturated carbocycles. The maximum atomic E-state index is 2.50. The number of unbranched alkanes of at least 4 members (excludes halogenated alkanes) is 8. The molecule has 0 spiro atoms. The zero-order valence-electron chi connectivity index (χ0n) is 12.8. The molecule has 1 atom stereocenters. The van der Waals surface area contributed by atoms with Crippen LogP contribution in [0.3, 0.4) is 0 Å². The topological polar surface area (TPSA) is 3.24 Å². The zero-order chi connectivity index (χ0) is 12.9. The van der Waals surface area contributed by atoms with Gasteiger partial charge in [-0.05, 0) is 33.4 Å². The average Bonchev–Trinajstić information content (AvgIpc) is 2.35. The second-order valence-electron chi connectivity index (χ2n) is 5.57. The van der Waals surface area contributed by atoms with Gasteiger partial charge in [0, 0.05) is 6.04 Å².